The smallest absolute Gasteiger partial charge is 0.257 e. The van der Waals surface area contributed by atoms with E-state index in [1.54, 1.807) is 17.2 Å². The van der Waals surface area contributed by atoms with E-state index in [9.17, 15) is 9.90 Å². The summed E-state index contributed by atoms with van der Waals surface area (Å²) < 4.78 is 0.778. The fraction of sp³-hybridized carbons (Fsp3) is 0.571. The molecule has 1 saturated heterocycles. The molecule has 0 bridgehead atoms. The Kier molecular flexibility index (Phi) is 5.37. The maximum atomic E-state index is 12.7. The summed E-state index contributed by atoms with van der Waals surface area (Å²) in [5.74, 6) is 0.538. The number of amides is 1. The van der Waals surface area contributed by atoms with Crippen LogP contribution in [-0.4, -0.2) is 46.6 Å². The molecular weight excluding hydrogens is 322 g/mol. The number of piperidine rings is 1. The highest BCUT2D eigenvalue weighted by Gasteiger charge is 2.28. The molecule has 110 valence electrons. The quantitative estimate of drug-likeness (QED) is 0.881. The van der Waals surface area contributed by atoms with Gasteiger partial charge in [-0.2, -0.15) is 0 Å². The molecule has 0 aliphatic carbocycles. The van der Waals surface area contributed by atoms with Crippen molar-refractivity contribution in [1.29, 1.82) is 0 Å². The minimum Gasteiger partial charge on any atom is -0.394 e. The van der Waals surface area contributed by atoms with Crippen LogP contribution < -0.4 is 5.32 Å². The summed E-state index contributed by atoms with van der Waals surface area (Å²) >= 11 is 3.36. The van der Waals surface area contributed by atoms with Crippen LogP contribution in [0.3, 0.4) is 0 Å². The molecule has 1 fully saturated rings. The first-order valence-electron chi connectivity index (χ1n) is 6.98. The zero-order chi connectivity index (χ0) is 14.5. The molecular formula is C14H20BrN3O2. The molecule has 2 rings (SSSR count). The lowest BCUT2D eigenvalue weighted by atomic mass is 10.0. The number of pyridine rings is 1. The van der Waals surface area contributed by atoms with E-state index >= 15 is 0 Å². The second kappa shape index (κ2) is 7.04. The summed E-state index contributed by atoms with van der Waals surface area (Å²) in [6, 6.07) is 1.71. The average Bonchev–Trinajstić information content (AvgIpc) is 2.48. The zero-order valence-electron chi connectivity index (χ0n) is 11.6. The van der Waals surface area contributed by atoms with Gasteiger partial charge in [-0.05, 0) is 48.2 Å². The zero-order valence-corrected chi connectivity index (χ0v) is 13.2. The normalized spacial score (nSPS) is 18.9. The molecule has 6 heteroatoms. The number of aliphatic hydroxyl groups is 1. The van der Waals surface area contributed by atoms with Crippen molar-refractivity contribution in [2.75, 3.05) is 25.0 Å². The summed E-state index contributed by atoms with van der Waals surface area (Å²) in [7, 11) is 0. The third kappa shape index (κ3) is 3.30. The van der Waals surface area contributed by atoms with Crippen molar-refractivity contribution in [3.05, 3.63) is 22.3 Å². The van der Waals surface area contributed by atoms with Crippen molar-refractivity contribution < 1.29 is 9.90 Å². The first kappa shape index (κ1) is 15.3. The number of aromatic nitrogens is 1. The highest BCUT2D eigenvalue weighted by atomic mass is 79.9. The number of aliphatic hydroxyl groups excluding tert-OH is 1. The molecule has 5 nitrogen and oxygen atoms in total. The minimum atomic E-state index is -0.0790. The maximum Gasteiger partial charge on any atom is 0.257 e. The molecule has 1 aliphatic heterocycles. The number of carbonyl (C=O) groups is 1. The number of anilines is 1. The molecule has 1 unspecified atom stereocenters. The summed E-state index contributed by atoms with van der Waals surface area (Å²) in [6.07, 6.45) is 4.58. The second-order valence-electron chi connectivity index (χ2n) is 4.91. The molecule has 2 heterocycles. The molecule has 0 saturated carbocycles. The summed E-state index contributed by atoms with van der Waals surface area (Å²) in [5.41, 5.74) is 0.557. The van der Waals surface area contributed by atoms with Gasteiger partial charge in [0.25, 0.3) is 5.91 Å². The fourth-order valence-electron chi connectivity index (χ4n) is 2.52. The number of halogens is 1. The Balaban J connectivity index is 2.29. The van der Waals surface area contributed by atoms with E-state index in [1.807, 2.05) is 6.92 Å². The van der Waals surface area contributed by atoms with E-state index in [-0.39, 0.29) is 18.6 Å². The summed E-state index contributed by atoms with van der Waals surface area (Å²) in [6.45, 7) is 3.39. The molecule has 1 amide bonds. The predicted octanol–water partition coefficient (Wildman–Crippen LogP) is 2.26. The minimum absolute atomic E-state index is 0.0176. The Morgan fingerprint density at radius 1 is 1.60 bits per heavy atom. The van der Waals surface area contributed by atoms with Gasteiger partial charge in [0, 0.05) is 23.8 Å². The molecule has 0 spiro atoms. The standard InChI is InChI=1S/C14H20BrN3O2/c1-2-16-13-12(7-10(15)8-17-13)14(20)18-6-4-3-5-11(18)9-19/h7-8,11,19H,2-6,9H2,1H3,(H,16,17). The second-order valence-corrected chi connectivity index (χ2v) is 5.83. The van der Waals surface area contributed by atoms with Gasteiger partial charge in [-0.25, -0.2) is 4.98 Å². The van der Waals surface area contributed by atoms with E-state index in [2.05, 4.69) is 26.2 Å². The van der Waals surface area contributed by atoms with Crippen LogP contribution in [-0.2, 0) is 0 Å². The van der Waals surface area contributed by atoms with Crippen LogP contribution in [0.15, 0.2) is 16.7 Å². The molecule has 0 aromatic carbocycles. The number of hydrogen-bond acceptors (Lipinski definition) is 4. The molecule has 1 atom stereocenters. The summed E-state index contributed by atoms with van der Waals surface area (Å²) in [4.78, 5) is 18.8. The number of rotatable bonds is 4. The van der Waals surface area contributed by atoms with E-state index < -0.39 is 0 Å². The van der Waals surface area contributed by atoms with Gasteiger partial charge in [-0.15, -0.1) is 0 Å². The molecule has 1 aromatic heterocycles. The van der Waals surface area contributed by atoms with Gasteiger partial charge < -0.3 is 15.3 Å². The monoisotopic (exact) mass is 341 g/mol. The highest BCUT2D eigenvalue weighted by Crippen LogP contribution is 2.24. The Morgan fingerprint density at radius 3 is 3.10 bits per heavy atom. The van der Waals surface area contributed by atoms with Crippen molar-refractivity contribution in [2.45, 2.75) is 32.2 Å². The van der Waals surface area contributed by atoms with Gasteiger partial charge in [-0.3, -0.25) is 4.79 Å². The Morgan fingerprint density at radius 2 is 2.40 bits per heavy atom. The maximum absolute atomic E-state index is 12.7. The van der Waals surface area contributed by atoms with E-state index in [0.29, 0.717) is 24.5 Å². The van der Waals surface area contributed by atoms with Crippen molar-refractivity contribution in [3.63, 3.8) is 0 Å². The van der Waals surface area contributed by atoms with Crippen LogP contribution in [0.2, 0.25) is 0 Å². The van der Waals surface area contributed by atoms with Crippen LogP contribution >= 0.6 is 15.9 Å². The number of likely N-dealkylation sites (tertiary alicyclic amines) is 1. The lowest BCUT2D eigenvalue weighted by Crippen LogP contribution is -2.45. The highest BCUT2D eigenvalue weighted by molar-refractivity contribution is 9.10. The third-order valence-corrected chi connectivity index (χ3v) is 3.96. The van der Waals surface area contributed by atoms with Crippen LogP contribution in [0, 0.1) is 0 Å². The number of nitrogens with zero attached hydrogens (tertiary/aromatic N) is 2. The molecule has 20 heavy (non-hydrogen) atoms. The Labute approximate surface area is 127 Å². The summed E-state index contributed by atoms with van der Waals surface area (Å²) in [5, 5.41) is 12.6. The Bertz CT molecular complexity index is 481. The molecule has 0 radical (unpaired) electrons. The van der Waals surface area contributed by atoms with Gasteiger partial charge in [0.15, 0.2) is 0 Å². The third-order valence-electron chi connectivity index (χ3n) is 3.53. The van der Waals surface area contributed by atoms with Crippen molar-refractivity contribution >= 4 is 27.7 Å². The SMILES string of the molecule is CCNc1ncc(Br)cc1C(=O)N1CCCCC1CO. The number of hydrogen-bond donors (Lipinski definition) is 2. The number of carbonyl (C=O) groups excluding carboxylic acids is 1. The van der Waals surface area contributed by atoms with Gasteiger partial charge in [0.1, 0.15) is 5.82 Å². The molecule has 1 aromatic rings. The van der Waals surface area contributed by atoms with Gasteiger partial charge in [0.2, 0.25) is 0 Å². The van der Waals surface area contributed by atoms with E-state index in [0.717, 1.165) is 23.7 Å². The average molecular weight is 342 g/mol. The largest absolute Gasteiger partial charge is 0.394 e. The fourth-order valence-corrected chi connectivity index (χ4v) is 2.85. The topological polar surface area (TPSA) is 65.5 Å². The van der Waals surface area contributed by atoms with Crippen LogP contribution in [0.1, 0.15) is 36.5 Å². The first-order chi connectivity index (χ1) is 9.67. The van der Waals surface area contributed by atoms with E-state index in [1.165, 1.54) is 0 Å². The van der Waals surface area contributed by atoms with Crippen molar-refractivity contribution in [1.82, 2.24) is 9.88 Å². The van der Waals surface area contributed by atoms with Crippen molar-refractivity contribution in [3.8, 4) is 0 Å². The molecule has 2 N–H and O–H groups in total. The van der Waals surface area contributed by atoms with Crippen molar-refractivity contribution in [2.24, 2.45) is 0 Å². The van der Waals surface area contributed by atoms with Gasteiger partial charge in [0.05, 0.1) is 18.2 Å². The van der Waals surface area contributed by atoms with Gasteiger partial charge >= 0.3 is 0 Å². The number of nitrogens with one attached hydrogen (secondary N) is 1. The van der Waals surface area contributed by atoms with Crippen LogP contribution in [0.4, 0.5) is 5.82 Å². The van der Waals surface area contributed by atoms with Gasteiger partial charge in [-0.1, -0.05) is 0 Å². The van der Waals surface area contributed by atoms with E-state index in [4.69, 9.17) is 0 Å². The molecule has 1 aliphatic rings. The lowest BCUT2D eigenvalue weighted by Gasteiger charge is -2.35. The Hall–Kier alpha value is -1.14. The lowest BCUT2D eigenvalue weighted by molar-refractivity contribution is 0.0503. The van der Waals surface area contributed by atoms with Crippen LogP contribution in [0.5, 0.6) is 0 Å². The first-order valence-corrected chi connectivity index (χ1v) is 7.78. The predicted molar refractivity (Wildman–Crippen MR) is 81.9 cm³/mol. The van der Waals surface area contributed by atoms with Crippen LogP contribution in [0.25, 0.3) is 0 Å².